The summed E-state index contributed by atoms with van der Waals surface area (Å²) in [7, 11) is 3.55. The third-order valence-corrected chi connectivity index (χ3v) is 1.34. The normalized spacial score (nSPS) is 12.4. The molecule has 1 unspecified atom stereocenters. The van der Waals surface area contributed by atoms with E-state index >= 15 is 0 Å². The zero-order chi connectivity index (χ0) is 10.3. The number of carbonyl (C=O) groups excluding carboxylic acids is 1. The van der Waals surface area contributed by atoms with Crippen LogP contribution in [0.3, 0.4) is 0 Å². The summed E-state index contributed by atoms with van der Waals surface area (Å²) in [6, 6.07) is -0.361. The molecule has 0 aromatic carbocycles. The van der Waals surface area contributed by atoms with E-state index in [9.17, 15) is 4.79 Å². The molecule has 0 saturated heterocycles. The Balaban J connectivity index is 0. The van der Waals surface area contributed by atoms with Gasteiger partial charge < -0.3 is 11.5 Å². The standard InChI is InChI=1S/C6H15N3O.C2H6/c1-4(10)5(6(7)8)9(2)3;1-2/h5-6H,7-8H2,1-3H3;1-2H3. The number of ketones is 1. The highest BCUT2D eigenvalue weighted by atomic mass is 16.1. The lowest BCUT2D eigenvalue weighted by atomic mass is 10.1. The van der Waals surface area contributed by atoms with Crippen molar-refractivity contribution in [2.45, 2.75) is 33.0 Å². The summed E-state index contributed by atoms with van der Waals surface area (Å²) in [5.74, 6) is 0.000000000000000666. The molecule has 1 atom stereocenters. The average molecular weight is 175 g/mol. The summed E-state index contributed by atoms with van der Waals surface area (Å²) in [4.78, 5) is 12.5. The van der Waals surface area contributed by atoms with Gasteiger partial charge in [-0.15, -0.1) is 0 Å². The summed E-state index contributed by atoms with van der Waals surface area (Å²) < 4.78 is 0. The average Bonchev–Trinajstić information content (AvgIpc) is 1.88. The summed E-state index contributed by atoms with van der Waals surface area (Å²) in [6.45, 7) is 5.48. The Morgan fingerprint density at radius 2 is 1.58 bits per heavy atom. The van der Waals surface area contributed by atoms with E-state index in [1.807, 2.05) is 13.8 Å². The number of rotatable bonds is 3. The first kappa shape index (κ1) is 14.1. The Morgan fingerprint density at radius 1 is 1.25 bits per heavy atom. The van der Waals surface area contributed by atoms with Crippen LogP contribution >= 0.6 is 0 Å². The molecule has 4 nitrogen and oxygen atoms in total. The molecule has 74 valence electrons. The largest absolute Gasteiger partial charge is 0.314 e. The van der Waals surface area contributed by atoms with Gasteiger partial charge >= 0.3 is 0 Å². The fraction of sp³-hybridized carbons (Fsp3) is 0.875. The van der Waals surface area contributed by atoms with Gasteiger partial charge in [0, 0.05) is 0 Å². The molecule has 0 saturated carbocycles. The van der Waals surface area contributed by atoms with Crippen LogP contribution in [0.4, 0.5) is 0 Å². The molecule has 0 rings (SSSR count). The van der Waals surface area contributed by atoms with Crippen molar-refractivity contribution in [2.24, 2.45) is 11.5 Å². The fourth-order valence-corrected chi connectivity index (χ4v) is 0.979. The zero-order valence-electron chi connectivity index (χ0n) is 8.66. The number of hydrogen-bond donors (Lipinski definition) is 2. The Bertz CT molecular complexity index is 115. The summed E-state index contributed by atoms with van der Waals surface area (Å²) in [5.41, 5.74) is 10.7. The summed E-state index contributed by atoms with van der Waals surface area (Å²) >= 11 is 0. The Kier molecular flexibility index (Phi) is 8.47. The van der Waals surface area contributed by atoms with Crippen LogP contribution in [0, 0.1) is 0 Å². The highest BCUT2D eigenvalue weighted by Crippen LogP contribution is 1.94. The van der Waals surface area contributed by atoms with Crippen molar-refractivity contribution in [2.75, 3.05) is 14.1 Å². The minimum Gasteiger partial charge on any atom is -0.314 e. The molecule has 0 aliphatic rings. The second-order valence-corrected chi connectivity index (χ2v) is 2.60. The van der Waals surface area contributed by atoms with E-state index in [0.29, 0.717) is 0 Å². The van der Waals surface area contributed by atoms with Gasteiger partial charge in [-0.25, -0.2) is 0 Å². The zero-order valence-corrected chi connectivity index (χ0v) is 8.66. The molecule has 0 aromatic rings. The van der Waals surface area contributed by atoms with E-state index in [4.69, 9.17) is 11.5 Å². The Hall–Kier alpha value is -0.450. The van der Waals surface area contributed by atoms with Crippen LogP contribution in [0.2, 0.25) is 0 Å². The lowest BCUT2D eigenvalue weighted by Crippen LogP contribution is -2.53. The molecular formula is C8H21N3O. The Labute approximate surface area is 74.9 Å². The molecule has 0 aromatic heterocycles. The van der Waals surface area contributed by atoms with Gasteiger partial charge in [-0.1, -0.05) is 13.8 Å². The van der Waals surface area contributed by atoms with Crippen molar-refractivity contribution in [3.8, 4) is 0 Å². The van der Waals surface area contributed by atoms with Crippen molar-refractivity contribution in [1.82, 2.24) is 4.90 Å². The van der Waals surface area contributed by atoms with E-state index < -0.39 is 6.17 Å². The van der Waals surface area contributed by atoms with E-state index in [-0.39, 0.29) is 11.8 Å². The van der Waals surface area contributed by atoms with Gasteiger partial charge in [0.05, 0.1) is 12.2 Å². The highest BCUT2D eigenvalue weighted by Gasteiger charge is 2.20. The maximum atomic E-state index is 10.8. The van der Waals surface area contributed by atoms with E-state index in [1.165, 1.54) is 6.92 Å². The molecule has 0 spiro atoms. The van der Waals surface area contributed by atoms with Crippen LogP contribution < -0.4 is 11.5 Å². The molecule has 4 heteroatoms. The molecule has 0 amide bonds. The quantitative estimate of drug-likeness (QED) is 0.581. The van der Waals surface area contributed by atoms with Gasteiger partial charge in [-0.2, -0.15) is 0 Å². The fourth-order valence-electron chi connectivity index (χ4n) is 0.979. The number of nitrogens with two attached hydrogens (primary N) is 2. The smallest absolute Gasteiger partial charge is 0.149 e. The topological polar surface area (TPSA) is 72.3 Å². The predicted molar refractivity (Wildman–Crippen MR) is 51.7 cm³/mol. The second-order valence-electron chi connectivity index (χ2n) is 2.60. The number of carbonyl (C=O) groups is 1. The van der Waals surface area contributed by atoms with E-state index in [2.05, 4.69) is 0 Å². The van der Waals surface area contributed by atoms with Gasteiger partial charge in [-0.3, -0.25) is 9.69 Å². The van der Waals surface area contributed by atoms with Crippen LogP contribution in [0.25, 0.3) is 0 Å². The van der Waals surface area contributed by atoms with Gasteiger partial charge in [-0.05, 0) is 21.0 Å². The van der Waals surface area contributed by atoms with E-state index in [0.717, 1.165) is 0 Å². The molecule has 0 bridgehead atoms. The molecule has 0 heterocycles. The third-order valence-electron chi connectivity index (χ3n) is 1.34. The highest BCUT2D eigenvalue weighted by molar-refractivity contribution is 5.82. The molecular weight excluding hydrogens is 154 g/mol. The molecule has 0 aliphatic carbocycles. The van der Waals surface area contributed by atoms with Gasteiger partial charge in [0.15, 0.2) is 0 Å². The lowest BCUT2D eigenvalue weighted by Gasteiger charge is -2.24. The maximum Gasteiger partial charge on any atom is 0.149 e. The van der Waals surface area contributed by atoms with E-state index in [1.54, 1.807) is 19.0 Å². The number of hydrogen-bond acceptors (Lipinski definition) is 4. The monoisotopic (exact) mass is 175 g/mol. The van der Waals surface area contributed by atoms with Crippen LogP contribution in [0.1, 0.15) is 20.8 Å². The number of likely N-dealkylation sites (N-methyl/N-ethyl adjacent to an activating group) is 1. The van der Waals surface area contributed by atoms with Crippen LogP contribution in [0.15, 0.2) is 0 Å². The SMILES string of the molecule is CC.CC(=O)C(C(N)N)N(C)C. The van der Waals surface area contributed by atoms with Crippen LogP contribution in [-0.4, -0.2) is 37.0 Å². The molecule has 12 heavy (non-hydrogen) atoms. The van der Waals surface area contributed by atoms with Gasteiger partial charge in [0.1, 0.15) is 5.78 Å². The van der Waals surface area contributed by atoms with Crippen molar-refractivity contribution < 1.29 is 4.79 Å². The van der Waals surface area contributed by atoms with Crippen molar-refractivity contribution in [1.29, 1.82) is 0 Å². The van der Waals surface area contributed by atoms with Crippen LogP contribution in [-0.2, 0) is 4.79 Å². The van der Waals surface area contributed by atoms with Crippen molar-refractivity contribution >= 4 is 5.78 Å². The molecule has 4 N–H and O–H groups in total. The predicted octanol–water partition coefficient (Wildman–Crippen LogP) is -0.225. The molecule has 0 aliphatic heterocycles. The second kappa shape index (κ2) is 7.21. The van der Waals surface area contributed by atoms with Crippen LogP contribution in [0.5, 0.6) is 0 Å². The van der Waals surface area contributed by atoms with Crippen molar-refractivity contribution in [3.63, 3.8) is 0 Å². The molecule has 0 fully saturated rings. The Morgan fingerprint density at radius 3 is 1.58 bits per heavy atom. The maximum absolute atomic E-state index is 10.8. The first-order valence-corrected chi connectivity index (χ1v) is 4.15. The van der Waals surface area contributed by atoms with Gasteiger partial charge in [0.2, 0.25) is 0 Å². The van der Waals surface area contributed by atoms with Gasteiger partial charge in [0.25, 0.3) is 0 Å². The first-order chi connectivity index (χ1) is 5.46. The third kappa shape index (κ3) is 5.23. The summed E-state index contributed by atoms with van der Waals surface area (Å²) in [6.07, 6.45) is -0.590. The number of Topliss-reactive ketones (excluding diaryl/α,β-unsaturated/α-hetero) is 1. The minimum atomic E-state index is -0.590. The summed E-state index contributed by atoms with van der Waals surface area (Å²) in [5, 5.41) is 0. The first-order valence-electron chi connectivity index (χ1n) is 4.15. The molecule has 0 radical (unpaired) electrons. The minimum absolute atomic E-state index is 0.000000000000000666. The number of nitrogens with zero attached hydrogens (tertiary/aromatic N) is 1. The lowest BCUT2D eigenvalue weighted by molar-refractivity contribution is -0.121. The van der Waals surface area contributed by atoms with Crippen molar-refractivity contribution in [3.05, 3.63) is 0 Å².